The van der Waals surface area contributed by atoms with Crippen molar-refractivity contribution in [1.29, 1.82) is 0 Å². The van der Waals surface area contributed by atoms with E-state index in [0.29, 0.717) is 5.13 Å². The van der Waals surface area contributed by atoms with E-state index in [1.807, 2.05) is 0 Å². The monoisotopic (exact) mass is 322 g/mol. The van der Waals surface area contributed by atoms with Gasteiger partial charge in [-0.3, -0.25) is 14.4 Å². The Morgan fingerprint density at radius 2 is 1.95 bits per heavy atom. The van der Waals surface area contributed by atoms with Crippen molar-refractivity contribution >= 4 is 34.2 Å². The molecule has 2 aromatic heterocycles. The van der Waals surface area contributed by atoms with Crippen molar-refractivity contribution in [1.82, 2.24) is 15.6 Å². The molecule has 0 aliphatic carbocycles. The summed E-state index contributed by atoms with van der Waals surface area (Å²) in [6.07, 6.45) is 1.41. The van der Waals surface area contributed by atoms with Crippen LogP contribution in [0.4, 0.5) is 5.13 Å². The summed E-state index contributed by atoms with van der Waals surface area (Å²) in [4.78, 5) is 38.2. The van der Waals surface area contributed by atoms with Gasteiger partial charge < -0.3 is 20.4 Å². The van der Waals surface area contributed by atoms with Gasteiger partial charge >= 0.3 is 0 Å². The minimum atomic E-state index is -0.375. The Kier molecular flexibility index (Phi) is 5.26. The smallest absolute Gasteiger partial charge is 0.287 e. The van der Waals surface area contributed by atoms with Gasteiger partial charge in [0.05, 0.1) is 6.26 Å². The van der Waals surface area contributed by atoms with Gasteiger partial charge in [-0.2, -0.15) is 0 Å². The van der Waals surface area contributed by atoms with E-state index in [4.69, 9.17) is 4.42 Å². The summed E-state index contributed by atoms with van der Waals surface area (Å²) in [7, 11) is 0. The lowest BCUT2D eigenvalue weighted by Gasteiger charge is -2.04. The molecule has 0 bridgehead atoms. The summed E-state index contributed by atoms with van der Waals surface area (Å²) >= 11 is 1.16. The molecule has 2 aromatic rings. The maximum absolute atomic E-state index is 11.8. The van der Waals surface area contributed by atoms with E-state index in [9.17, 15) is 14.4 Å². The number of aromatic nitrogens is 1. The Morgan fingerprint density at radius 1 is 1.23 bits per heavy atom. The molecule has 0 unspecified atom stereocenters. The van der Waals surface area contributed by atoms with Gasteiger partial charge in [0.2, 0.25) is 5.91 Å². The molecule has 3 amide bonds. The summed E-state index contributed by atoms with van der Waals surface area (Å²) in [6, 6.07) is 3.17. The van der Waals surface area contributed by atoms with Gasteiger partial charge in [0.15, 0.2) is 10.9 Å². The quantitative estimate of drug-likeness (QED) is 0.683. The normalized spacial score (nSPS) is 10.0. The fourth-order valence-electron chi connectivity index (χ4n) is 1.52. The highest BCUT2D eigenvalue weighted by Crippen LogP contribution is 2.14. The van der Waals surface area contributed by atoms with Crippen LogP contribution in [0.3, 0.4) is 0 Å². The first-order valence-corrected chi connectivity index (χ1v) is 7.27. The highest BCUT2D eigenvalue weighted by Gasteiger charge is 2.11. The molecule has 9 heteroatoms. The third-order valence-electron chi connectivity index (χ3n) is 2.46. The van der Waals surface area contributed by atoms with E-state index in [0.717, 1.165) is 11.3 Å². The SMILES string of the molecule is CC(=O)Nc1nc(C(=O)NCCNC(=O)c2ccco2)cs1. The van der Waals surface area contributed by atoms with Gasteiger partial charge in [0.1, 0.15) is 5.69 Å². The summed E-state index contributed by atoms with van der Waals surface area (Å²) in [5, 5.41) is 9.62. The third-order valence-corrected chi connectivity index (χ3v) is 3.22. The van der Waals surface area contributed by atoms with E-state index < -0.39 is 0 Å². The lowest BCUT2D eigenvalue weighted by Crippen LogP contribution is -2.34. The van der Waals surface area contributed by atoms with Crippen LogP contribution in [0.1, 0.15) is 28.0 Å². The van der Waals surface area contributed by atoms with Crippen LogP contribution in [-0.4, -0.2) is 35.8 Å². The van der Waals surface area contributed by atoms with Gasteiger partial charge in [0, 0.05) is 25.4 Å². The van der Waals surface area contributed by atoms with Crippen molar-refractivity contribution in [2.75, 3.05) is 18.4 Å². The van der Waals surface area contributed by atoms with E-state index in [1.54, 1.807) is 17.5 Å². The van der Waals surface area contributed by atoms with Crippen LogP contribution in [0.2, 0.25) is 0 Å². The minimum Gasteiger partial charge on any atom is -0.459 e. The molecule has 0 saturated carbocycles. The zero-order valence-corrected chi connectivity index (χ0v) is 12.5. The predicted octanol–water partition coefficient (Wildman–Crippen LogP) is 0.854. The van der Waals surface area contributed by atoms with Crippen molar-refractivity contribution in [3.63, 3.8) is 0 Å². The first-order valence-electron chi connectivity index (χ1n) is 6.39. The molecule has 2 heterocycles. The van der Waals surface area contributed by atoms with Gasteiger partial charge in [0.25, 0.3) is 11.8 Å². The molecular weight excluding hydrogens is 308 g/mol. The highest BCUT2D eigenvalue weighted by atomic mass is 32.1. The molecule has 0 saturated heterocycles. The lowest BCUT2D eigenvalue weighted by atomic mass is 10.4. The molecule has 22 heavy (non-hydrogen) atoms. The highest BCUT2D eigenvalue weighted by molar-refractivity contribution is 7.14. The summed E-state index contributed by atoms with van der Waals surface area (Å²) < 4.78 is 4.93. The Labute approximate surface area is 129 Å². The maximum atomic E-state index is 11.8. The maximum Gasteiger partial charge on any atom is 0.287 e. The molecule has 0 atom stereocenters. The van der Waals surface area contributed by atoms with E-state index in [1.165, 1.54) is 13.2 Å². The van der Waals surface area contributed by atoms with Crippen LogP contribution in [0, 0.1) is 0 Å². The number of nitrogens with one attached hydrogen (secondary N) is 3. The average molecular weight is 322 g/mol. The van der Waals surface area contributed by atoms with Crippen molar-refractivity contribution in [2.24, 2.45) is 0 Å². The molecule has 2 rings (SSSR count). The molecule has 0 aliphatic rings. The number of hydrogen-bond acceptors (Lipinski definition) is 6. The molecule has 0 radical (unpaired) electrons. The number of carbonyl (C=O) groups is 3. The fraction of sp³-hybridized carbons (Fsp3) is 0.231. The van der Waals surface area contributed by atoms with Crippen LogP contribution >= 0.6 is 11.3 Å². The van der Waals surface area contributed by atoms with Crippen molar-refractivity contribution in [3.05, 3.63) is 35.2 Å². The predicted molar refractivity (Wildman–Crippen MR) is 79.8 cm³/mol. The number of carbonyl (C=O) groups excluding carboxylic acids is 3. The van der Waals surface area contributed by atoms with E-state index in [-0.39, 0.29) is 42.3 Å². The molecule has 116 valence electrons. The largest absolute Gasteiger partial charge is 0.459 e. The second-order valence-electron chi connectivity index (χ2n) is 4.21. The Bertz CT molecular complexity index is 665. The minimum absolute atomic E-state index is 0.214. The van der Waals surface area contributed by atoms with E-state index in [2.05, 4.69) is 20.9 Å². The Balaban J connectivity index is 1.72. The van der Waals surface area contributed by atoms with Crippen LogP contribution in [-0.2, 0) is 4.79 Å². The third kappa shape index (κ3) is 4.42. The average Bonchev–Trinajstić information content (AvgIpc) is 3.13. The van der Waals surface area contributed by atoms with Gasteiger partial charge in [-0.15, -0.1) is 11.3 Å². The second kappa shape index (κ2) is 7.36. The molecule has 0 spiro atoms. The first-order chi connectivity index (χ1) is 10.6. The number of rotatable bonds is 6. The first kappa shape index (κ1) is 15.7. The Morgan fingerprint density at radius 3 is 2.59 bits per heavy atom. The number of hydrogen-bond donors (Lipinski definition) is 3. The molecule has 0 aliphatic heterocycles. The summed E-state index contributed by atoms with van der Waals surface area (Å²) in [5.74, 6) is -0.756. The molecule has 0 aromatic carbocycles. The van der Waals surface area contributed by atoms with Gasteiger partial charge in [-0.25, -0.2) is 4.98 Å². The lowest BCUT2D eigenvalue weighted by molar-refractivity contribution is -0.114. The molecule has 8 nitrogen and oxygen atoms in total. The standard InChI is InChI=1S/C13H14N4O4S/c1-8(18)16-13-17-9(7-22-13)11(19)14-4-5-15-12(20)10-3-2-6-21-10/h2-3,6-7H,4-5H2,1H3,(H,14,19)(H,15,20)(H,16,17,18). The zero-order valence-electron chi connectivity index (χ0n) is 11.7. The number of amides is 3. The van der Waals surface area contributed by atoms with E-state index >= 15 is 0 Å². The van der Waals surface area contributed by atoms with Crippen molar-refractivity contribution in [3.8, 4) is 0 Å². The number of nitrogens with zero attached hydrogens (tertiary/aromatic N) is 1. The van der Waals surface area contributed by atoms with Crippen molar-refractivity contribution < 1.29 is 18.8 Å². The van der Waals surface area contributed by atoms with Crippen LogP contribution < -0.4 is 16.0 Å². The number of anilines is 1. The molecular formula is C13H14N4O4S. The summed E-state index contributed by atoms with van der Waals surface area (Å²) in [6.45, 7) is 1.87. The fourth-order valence-corrected chi connectivity index (χ4v) is 2.26. The summed E-state index contributed by atoms with van der Waals surface area (Å²) in [5.41, 5.74) is 0.214. The van der Waals surface area contributed by atoms with Crippen LogP contribution in [0.5, 0.6) is 0 Å². The number of furan rings is 1. The van der Waals surface area contributed by atoms with Crippen molar-refractivity contribution in [2.45, 2.75) is 6.92 Å². The Hall–Kier alpha value is -2.68. The topological polar surface area (TPSA) is 113 Å². The second-order valence-corrected chi connectivity index (χ2v) is 5.07. The van der Waals surface area contributed by atoms with Gasteiger partial charge in [-0.1, -0.05) is 0 Å². The molecule has 3 N–H and O–H groups in total. The number of thiazole rings is 1. The molecule has 0 fully saturated rings. The van der Waals surface area contributed by atoms with Crippen LogP contribution in [0.25, 0.3) is 0 Å². The van der Waals surface area contributed by atoms with Crippen LogP contribution in [0.15, 0.2) is 28.2 Å². The zero-order chi connectivity index (χ0) is 15.9. The van der Waals surface area contributed by atoms with Gasteiger partial charge in [-0.05, 0) is 12.1 Å².